The zero-order valence-corrected chi connectivity index (χ0v) is 17.5. The molecule has 1 N–H and O–H groups in total. The summed E-state index contributed by atoms with van der Waals surface area (Å²) in [5.74, 6) is -0.479. The summed E-state index contributed by atoms with van der Waals surface area (Å²) in [5.41, 5.74) is 4.42. The van der Waals surface area contributed by atoms with E-state index in [1.165, 1.54) is 7.11 Å². The molecule has 3 aromatic rings. The molecule has 0 spiro atoms. The van der Waals surface area contributed by atoms with Crippen molar-refractivity contribution in [1.29, 1.82) is 0 Å². The van der Waals surface area contributed by atoms with Gasteiger partial charge in [-0.2, -0.15) is 0 Å². The Hall–Kier alpha value is -3.15. The Morgan fingerprint density at radius 2 is 2.00 bits per heavy atom. The molecular formula is C24H26N2O4. The molecule has 0 amide bonds. The molecule has 0 bridgehead atoms. The van der Waals surface area contributed by atoms with Gasteiger partial charge in [0.25, 0.3) is 0 Å². The normalized spacial score (nSPS) is 13.7. The summed E-state index contributed by atoms with van der Waals surface area (Å²) in [7, 11) is 1.38. The summed E-state index contributed by atoms with van der Waals surface area (Å²) in [5, 5.41) is 10.5. The molecule has 1 aliphatic rings. The largest absolute Gasteiger partial charge is 0.477 e. The third-order valence-corrected chi connectivity index (χ3v) is 5.55. The Kier molecular flexibility index (Phi) is 5.33. The number of fused-ring (bicyclic) bond motifs is 1. The number of nitrogens with zero attached hydrogens (tertiary/aromatic N) is 2. The number of aromatic carboxylic acids is 1. The summed E-state index contributed by atoms with van der Waals surface area (Å²) in [6, 6.07) is 9.54. The van der Waals surface area contributed by atoms with E-state index in [2.05, 4.69) is 18.8 Å². The molecule has 1 aliphatic carbocycles. The van der Waals surface area contributed by atoms with E-state index in [9.17, 15) is 14.7 Å². The van der Waals surface area contributed by atoms with E-state index in [-0.39, 0.29) is 11.7 Å². The van der Waals surface area contributed by atoms with Crippen molar-refractivity contribution < 1.29 is 19.4 Å². The first kappa shape index (κ1) is 20.1. The predicted molar refractivity (Wildman–Crippen MR) is 114 cm³/mol. The van der Waals surface area contributed by atoms with Gasteiger partial charge in [0.1, 0.15) is 5.69 Å². The molecule has 156 valence electrons. The SMILES string of the molecule is COC(=O)c1cc(C2CC2)cnc1Cc1ccc2c(c1)cc(C(=O)O)n2CC(C)C. The van der Waals surface area contributed by atoms with Crippen LogP contribution < -0.4 is 0 Å². The Morgan fingerprint density at radius 1 is 1.23 bits per heavy atom. The molecule has 2 heterocycles. The average molecular weight is 406 g/mol. The van der Waals surface area contributed by atoms with Gasteiger partial charge < -0.3 is 14.4 Å². The van der Waals surface area contributed by atoms with Gasteiger partial charge >= 0.3 is 11.9 Å². The van der Waals surface area contributed by atoms with E-state index in [4.69, 9.17) is 4.74 Å². The van der Waals surface area contributed by atoms with Crippen LogP contribution in [-0.2, 0) is 17.7 Å². The van der Waals surface area contributed by atoms with E-state index in [0.29, 0.717) is 36.1 Å². The number of aromatic nitrogens is 2. The maximum atomic E-state index is 12.3. The number of carboxylic acid groups (broad SMARTS) is 1. The van der Waals surface area contributed by atoms with Gasteiger partial charge in [-0.3, -0.25) is 4.98 Å². The molecule has 0 saturated heterocycles. The van der Waals surface area contributed by atoms with Crippen LogP contribution in [0.1, 0.15) is 70.3 Å². The van der Waals surface area contributed by atoms with Crippen molar-refractivity contribution in [2.75, 3.05) is 7.11 Å². The van der Waals surface area contributed by atoms with Gasteiger partial charge in [0.15, 0.2) is 0 Å². The highest BCUT2D eigenvalue weighted by Gasteiger charge is 2.26. The number of hydrogen-bond acceptors (Lipinski definition) is 4. The average Bonchev–Trinajstić information content (AvgIpc) is 3.50. The van der Waals surface area contributed by atoms with Crippen LogP contribution in [0.2, 0.25) is 0 Å². The van der Waals surface area contributed by atoms with E-state index in [0.717, 1.165) is 34.9 Å². The number of carbonyl (C=O) groups excluding carboxylic acids is 1. The third-order valence-electron chi connectivity index (χ3n) is 5.55. The van der Waals surface area contributed by atoms with Crippen molar-refractivity contribution in [1.82, 2.24) is 9.55 Å². The van der Waals surface area contributed by atoms with Crippen molar-refractivity contribution in [3.05, 3.63) is 64.6 Å². The summed E-state index contributed by atoms with van der Waals surface area (Å²) in [4.78, 5) is 28.6. The van der Waals surface area contributed by atoms with E-state index in [1.807, 2.05) is 35.0 Å². The zero-order chi connectivity index (χ0) is 21.4. The minimum Gasteiger partial charge on any atom is -0.477 e. The summed E-state index contributed by atoms with van der Waals surface area (Å²) in [6.07, 6.45) is 4.61. The van der Waals surface area contributed by atoms with Gasteiger partial charge in [-0.05, 0) is 60.1 Å². The van der Waals surface area contributed by atoms with Crippen LogP contribution in [0.25, 0.3) is 10.9 Å². The van der Waals surface area contributed by atoms with Crippen LogP contribution in [0.5, 0.6) is 0 Å². The zero-order valence-electron chi connectivity index (χ0n) is 17.5. The first-order valence-corrected chi connectivity index (χ1v) is 10.3. The third kappa shape index (κ3) is 3.95. The number of benzene rings is 1. The molecule has 0 atom stereocenters. The lowest BCUT2D eigenvalue weighted by Crippen LogP contribution is -2.11. The molecule has 30 heavy (non-hydrogen) atoms. The molecular weight excluding hydrogens is 380 g/mol. The van der Waals surface area contributed by atoms with Gasteiger partial charge in [-0.1, -0.05) is 19.9 Å². The molecule has 2 aromatic heterocycles. The van der Waals surface area contributed by atoms with Crippen LogP contribution in [0.3, 0.4) is 0 Å². The fourth-order valence-electron chi connectivity index (χ4n) is 3.94. The second-order valence-electron chi connectivity index (χ2n) is 8.44. The lowest BCUT2D eigenvalue weighted by atomic mass is 10.0. The predicted octanol–water partition coefficient (Wildman–Crippen LogP) is 4.65. The van der Waals surface area contributed by atoms with Crippen molar-refractivity contribution in [3.8, 4) is 0 Å². The fourth-order valence-corrected chi connectivity index (χ4v) is 3.94. The van der Waals surface area contributed by atoms with Gasteiger partial charge in [0, 0.05) is 30.1 Å². The first-order valence-electron chi connectivity index (χ1n) is 10.3. The molecule has 1 aromatic carbocycles. The van der Waals surface area contributed by atoms with Crippen molar-refractivity contribution in [2.45, 2.75) is 45.6 Å². The standard InChI is InChI=1S/C24H26N2O4/c1-14(2)13-26-21-7-4-15(8-17(21)11-22(26)23(27)28)9-20-19(24(29)30-3)10-18(12-25-20)16-5-6-16/h4,7-8,10-12,14,16H,5-6,9,13H2,1-3H3,(H,27,28). The van der Waals surface area contributed by atoms with Crippen molar-refractivity contribution in [3.63, 3.8) is 0 Å². The number of carboxylic acids is 1. The second-order valence-corrected chi connectivity index (χ2v) is 8.44. The Bertz CT molecular complexity index is 1130. The van der Waals surface area contributed by atoms with Crippen LogP contribution >= 0.6 is 0 Å². The van der Waals surface area contributed by atoms with Gasteiger partial charge in [0.2, 0.25) is 0 Å². The highest BCUT2D eigenvalue weighted by atomic mass is 16.5. The van der Waals surface area contributed by atoms with Crippen LogP contribution in [-0.4, -0.2) is 33.7 Å². The number of ether oxygens (including phenoxy) is 1. The molecule has 0 aliphatic heterocycles. The maximum Gasteiger partial charge on any atom is 0.352 e. The molecule has 1 saturated carbocycles. The van der Waals surface area contributed by atoms with Gasteiger partial charge in [0.05, 0.1) is 18.4 Å². The molecule has 0 radical (unpaired) electrons. The summed E-state index contributed by atoms with van der Waals surface area (Å²) < 4.78 is 6.83. The minimum absolute atomic E-state index is 0.290. The van der Waals surface area contributed by atoms with Crippen molar-refractivity contribution >= 4 is 22.8 Å². The second kappa shape index (κ2) is 7.94. The molecule has 6 heteroatoms. The van der Waals surface area contributed by atoms with E-state index >= 15 is 0 Å². The van der Waals surface area contributed by atoms with Crippen LogP contribution in [0.4, 0.5) is 0 Å². The number of esters is 1. The number of hydrogen-bond donors (Lipinski definition) is 1. The Labute approximate surface area is 175 Å². The van der Waals surface area contributed by atoms with Crippen LogP contribution in [0.15, 0.2) is 36.5 Å². The lowest BCUT2D eigenvalue weighted by molar-refractivity contribution is 0.0598. The minimum atomic E-state index is -0.932. The summed E-state index contributed by atoms with van der Waals surface area (Å²) in [6.45, 7) is 4.77. The smallest absolute Gasteiger partial charge is 0.352 e. The fraction of sp³-hybridized carbons (Fsp3) is 0.375. The maximum absolute atomic E-state index is 12.3. The summed E-state index contributed by atoms with van der Waals surface area (Å²) >= 11 is 0. The number of methoxy groups -OCH3 is 1. The quantitative estimate of drug-likeness (QED) is 0.578. The topological polar surface area (TPSA) is 81.4 Å². The first-order chi connectivity index (χ1) is 14.4. The number of rotatable bonds is 7. The lowest BCUT2D eigenvalue weighted by Gasteiger charge is -2.12. The number of pyridine rings is 1. The van der Waals surface area contributed by atoms with E-state index < -0.39 is 5.97 Å². The van der Waals surface area contributed by atoms with Crippen molar-refractivity contribution in [2.24, 2.45) is 5.92 Å². The van der Waals surface area contributed by atoms with E-state index in [1.54, 1.807) is 6.07 Å². The van der Waals surface area contributed by atoms with Gasteiger partial charge in [-0.15, -0.1) is 0 Å². The molecule has 1 fully saturated rings. The van der Waals surface area contributed by atoms with Gasteiger partial charge in [-0.25, -0.2) is 9.59 Å². The molecule has 0 unspecified atom stereocenters. The van der Waals surface area contributed by atoms with Crippen LogP contribution in [0, 0.1) is 5.92 Å². The molecule has 4 rings (SSSR count). The Balaban J connectivity index is 1.70. The molecule has 6 nitrogen and oxygen atoms in total. The highest BCUT2D eigenvalue weighted by molar-refractivity contribution is 5.95. The monoisotopic (exact) mass is 406 g/mol. The Morgan fingerprint density at radius 3 is 2.63 bits per heavy atom. The highest BCUT2D eigenvalue weighted by Crippen LogP contribution is 2.40. The number of carbonyl (C=O) groups is 2.